The summed E-state index contributed by atoms with van der Waals surface area (Å²) in [6, 6.07) is 32.2. The molecular formula is C49H61F6N2Na2O13P2S4-3. The van der Waals surface area contributed by atoms with Gasteiger partial charge >= 0.3 is 92.7 Å². The molecule has 0 saturated heterocycles. The first-order valence-electron chi connectivity index (χ1n) is 24.0. The minimum Gasteiger partial charge on any atom is -1.51 e. The monoisotopic (exact) mass is 1240 g/mol. The molecule has 2 N–H and O–H groups in total. The molecule has 8 bridgehead atoms. The largest absolute Gasteiger partial charge is 1.51 e. The quantitative estimate of drug-likeness (QED) is 0.0555. The van der Waals surface area contributed by atoms with Crippen LogP contribution in [0.1, 0.15) is 90.4 Å². The third-order valence-corrected chi connectivity index (χ3v) is 19.3. The van der Waals surface area contributed by atoms with E-state index in [9.17, 15) is 79.6 Å². The SMILES string of the molecule is CCCOC(=O)C(F)(F)S(=O)(=O)[O-].O=C(NCC12CC3CC(CC(C3)C1)C2)C(F)(F)S(=O)(=O)[O-].O=C(NCC12CC3CC(CC(C3)C1)C2)C(F)(F)S(=O)(=O)[O-].[Na+].[Na+].[PH-2].[PH2-].c1ccc([S+](c2ccccc2)c2ccccc2)cc1. The van der Waals surface area contributed by atoms with Gasteiger partial charge in [-0.25, -0.2) is 30.0 Å². The summed E-state index contributed by atoms with van der Waals surface area (Å²) in [5, 5.41) is -10.7. The minimum atomic E-state index is -5.99. The average Bonchev–Trinajstić information content (AvgIpc) is 3.31. The molecule has 8 aliphatic carbocycles. The zero-order valence-corrected chi connectivity index (χ0v) is 52.6. The van der Waals surface area contributed by atoms with Gasteiger partial charge in [0, 0.05) is 13.1 Å². The Kier molecular flexibility index (Phi) is 27.4. The van der Waals surface area contributed by atoms with Crippen molar-refractivity contribution in [3.8, 4) is 0 Å². The Labute approximate surface area is 506 Å². The number of carbonyl (C=O) groups excluding carboxylic acids is 3. The predicted molar refractivity (Wildman–Crippen MR) is 272 cm³/mol. The predicted octanol–water partition coefficient (Wildman–Crippen LogP) is 2.70. The second kappa shape index (κ2) is 29.4. The van der Waals surface area contributed by atoms with Crippen LogP contribution in [0.2, 0.25) is 0 Å². The third-order valence-electron chi connectivity index (χ3n) is 14.7. The number of carbonyl (C=O) groups is 3. The van der Waals surface area contributed by atoms with Crippen molar-refractivity contribution < 1.29 is 143 Å². The zero-order valence-electron chi connectivity index (χ0n) is 43.2. The maximum absolute atomic E-state index is 13.2. The number of nitrogens with one attached hydrogen (secondary N) is 2. The van der Waals surface area contributed by atoms with E-state index >= 15 is 0 Å². The summed E-state index contributed by atoms with van der Waals surface area (Å²) in [6.07, 6.45) is 12.7. The molecule has 0 aromatic heterocycles. The number of halogens is 6. The summed E-state index contributed by atoms with van der Waals surface area (Å²) in [7, 11) is -18.0. The van der Waals surface area contributed by atoms with E-state index in [4.69, 9.17) is 0 Å². The summed E-state index contributed by atoms with van der Waals surface area (Å²) in [5.41, 5.74) is -0.375. The maximum atomic E-state index is 13.2. The van der Waals surface area contributed by atoms with Crippen molar-refractivity contribution in [1.29, 1.82) is 0 Å². The molecule has 3 aromatic rings. The van der Waals surface area contributed by atoms with Gasteiger partial charge in [-0.05, 0) is 166 Å². The van der Waals surface area contributed by atoms with Gasteiger partial charge in [-0.1, -0.05) is 61.5 Å². The Morgan fingerprint density at radius 1 is 0.526 bits per heavy atom. The van der Waals surface area contributed by atoms with Gasteiger partial charge in [0.1, 0.15) is 0 Å². The molecule has 8 fully saturated rings. The van der Waals surface area contributed by atoms with Gasteiger partial charge < -0.3 is 48.8 Å². The molecular weight excluding hydrogens is 1170 g/mol. The fraction of sp³-hybridized carbons (Fsp3) is 0.571. The van der Waals surface area contributed by atoms with Gasteiger partial charge in [-0.15, -0.1) is 0 Å². The molecule has 3 aromatic carbocycles. The summed E-state index contributed by atoms with van der Waals surface area (Å²) in [4.78, 5) is 37.1. The third kappa shape index (κ3) is 18.1. The molecule has 0 radical (unpaired) electrons. The fourth-order valence-corrected chi connectivity index (χ4v) is 15.4. The van der Waals surface area contributed by atoms with Gasteiger partial charge in [0.15, 0.2) is 45.0 Å². The number of ether oxygens (including phenoxy) is 1. The van der Waals surface area contributed by atoms with Gasteiger partial charge in [0.05, 0.1) is 17.5 Å². The van der Waals surface area contributed by atoms with Crippen molar-refractivity contribution in [3.05, 3.63) is 91.0 Å². The Hall–Kier alpha value is -1.41. The van der Waals surface area contributed by atoms with Crippen LogP contribution in [-0.4, -0.2) is 92.2 Å². The topological polar surface area (TPSA) is 256 Å². The second-order valence-electron chi connectivity index (χ2n) is 20.5. The number of rotatable bonds is 15. The van der Waals surface area contributed by atoms with E-state index in [1.807, 2.05) is 10.6 Å². The number of benzene rings is 3. The van der Waals surface area contributed by atoms with Crippen molar-refractivity contribution >= 4 is 78.8 Å². The van der Waals surface area contributed by atoms with Crippen LogP contribution in [0.3, 0.4) is 0 Å². The molecule has 0 atom stereocenters. The summed E-state index contributed by atoms with van der Waals surface area (Å²) in [6.45, 7) is 1.25. The van der Waals surface area contributed by atoms with E-state index < -0.39 is 63.9 Å². The molecule has 8 aliphatic rings. The van der Waals surface area contributed by atoms with Crippen LogP contribution < -0.4 is 69.7 Å². The van der Waals surface area contributed by atoms with E-state index in [-0.39, 0.29) is 127 Å². The first-order chi connectivity index (χ1) is 34.4. The number of amides is 2. The summed E-state index contributed by atoms with van der Waals surface area (Å²) >= 11 is 0. The van der Waals surface area contributed by atoms with E-state index in [1.165, 1.54) is 60.1 Å². The van der Waals surface area contributed by atoms with Crippen molar-refractivity contribution in [3.63, 3.8) is 0 Å². The Morgan fingerprint density at radius 2 is 0.769 bits per heavy atom. The Morgan fingerprint density at radius 3 is 0.987 bits per heavy atom. The molecule has 0 spiro atoms. The summed E-state index contributed by atoms with van der Waals surface area (Å²) < 4.78 is 173. The maximum Gasteiger partial charge on any atom is 1.00 e. The zero-order chi connectivity index (χ0) is 54.5. The van der Waals surface area contributed by atoms with Crippen molar-refractivity contribution in [2.45, 2.75) is 121 Å². The van der Waals surface area contributed by atoms with Crippen LogP contribution in [-0.2, 0) is 60.4 Å². The van der Waals surface area contributed by atoms with Crippen LogP contribution >= 0.6 is 19.8 Å². The Bertz CT molecular complexity index is 2540. The van der Waals surface area contributed by atoms with E-state index in [2.05, 4.69) is 95.7 Å². The van der Waals surface area contributed by atoms with E-state index in [1.54, 1.807) is 0 Å². The molecule has 29 heteroatoms. The summed E-state index contributed by atoms with van der Waals surface area (Å²) in [5.74, 6) is -2.75. The average molecular weight is 1240 g/mol. The van der Waals surface area contributed by atoms with Crippen LogP contribution in [0.15, 0.2) is 106 Å². The fourth-order valence-electron chi connectivity index (χ4n) is 12.4. The number of alkyl halides is 6. The normalized spacial score (nSPS) is 25.4. The molecule has 426 valence electrons. The van der Waals surface area contributed by atoms with Crippen molar-refractivity contribution in [2.75, 3.05) is 19.7 Å². The van der Waals surface area contributed by atoms with Crippen LogP contribution in [0.4, 0.5) is 26.3 Å². The molecule has 78 heavy (non-hydrogen) atoms. The number of hydrogen-bond donors (Lipinski definition) is 2. The second-order valence-corrected chi connectivity index (χ2v) is 26.8. The van der Waals surface area contributed by atoms with Gasteiger partial charge in [0.2, 0.25) is 0 Å². The van der Waals surface area contributed by atoms with Gasteiger partial charge in [0.25, 0.3) is 0 Å². The first-order valence-corrected chi connectivity index (χ1v) is 29.5. The van der Waals surface area contributed by atoms with Crippen molar-refractivity contribution in [2.24, 2.45) is 46.3 Å². The van der Waals surface area contributed by atoms with Crippen molar-refractivity contribution in [1.82, 2.24) is 10.6 Å². The smallest absolute Gasteiger partial charge is 1.00 e. The molecule has 0 aliphatic heterocycles. The van der Waals surface area contributed by atoms with E-state index in [0.717, 1.165) is 38.5 Å². The molecule has 2 amide bonds. The molecule has 0 unspecified atom stereocenters. The van der Waals surface area contributed by atoms with Gasteiger partial charge in [-0.3, -0.25) is 9.59 Å². The number of hydrogen-bond acceptors (Lipinski definition) is 13. The Balaban J connectivity index is 0.000000355. The number of esters is 1. The van der Waals surface area contributed by atoms with Crippen LogP contribution in [0.5, 0.6) is 0 Å². The van der Waals surface area contributed by atoms with Crippen LogP contribution in [0, 0.1) is 46.3 Å². The molecule has 11 rings (SSSR count). The minimum absolute atomic E-state index is 0. The van der Waals surface area contributed by atoms with Crippen LogP contribution in [0.25, 0.3) is 0 Å². The van der Waals surface area contributed by atoms with Gasteiger partial charge in [-0.2, -0.15) is 26.3 Å². The standard InChI is InChI=1S/C18H15S.2C13H19F2NO4S.C5H8F2O5S.2Na.H2P.HP/c1-4-10-16(11-5-1)19(17-12-6-2-7-13-17)18-14-8-3-9-15-18;2*14-13(15,21(18,19)20)11(17)16-7-12-4-8-1-9(5-12)3-10(2-8)6-12;1-2-3-12-4(8)5(6,7)13(9,10)11;;;;/h1-15H;2*8-10H,1-7H2,(H,16,17)(H,18,19,20);2-3H2,1H3,(H,9,10,11);;;1H2;1H/q+1;;;;2*+1;-1;-2/p-3. The molecule has 15 nitrogen and oxygen atoms in total. The molecule has 0 heterocycles. The first kappa shape index (κ1) is 72.7. The molecule has 8 saturated carbocycles. The van der Waals surface area contributed by atoms with E-state index in [0.29, 0.717) is 35.5 Å².